The van der Waals surface area contributed by atoms with Crippen molar-refractivity contribution < 1.29 is 9.59 Å². The Bertz CT molecular complexity index is 350. The maximum Gasteiger partial charge on any atom is 0.324 e. The van der Waals surface area contributed by atoms with Gasteiger partial charge in [-0.25, -0.2) is 4.79 Å². The Morgan fingerprint density at radius 2 is 1.67 bits per heavy atom. The van der Waals surface area contributed by atoms with Crippen molar-refractivity contribution in [2.24, 2.45) is 10.8 Å². The largest absolute Gasteiger partial charge is 0.332 e. The zero-order chi connectivity index (χ0) is 14.3. The second-order valence-electron chi connectivity index (χ2n) is 7.22. The molecule has 0 aromatic carbocycles. The van der Waals surface area contributed by atoms with Crippen molar-refractivity contribution in [1.82, 2.24) is 10.2 Å². The van der Waals surface area contributed by atoms with Crippen LogP contribution in [0, 0.1) is 10.8 Å². The molecule has 1 aliphatic heterocycles. The SMILES string of the molecule is CCC(=O)N1C(=O)N[C@H](C(C)(C)C)[C@H]1C(C)(C)C. The van der Waals surface area contributed by atoms with Gasteiger partial charge in [-0.1, -0.05) is 48.5 Å². The van der Waals surface area contributed by atoms with E-state index in [1.54, 1.807) is 6.92 Å². The molecule has 1 saturated heterocycles. The van der Waals surface area contributed by atoms with Crippen molar-refractivity contribution in [3.05, 3.63) is 0 Å². The van der Waals surface area contributed by atoms with Crippen molar-refractivity contribution in [2.45, 2.75) is 67.0 Å². The first kappa shape index (κ1) is 15.0. The van der Waals surface area contributed by atoms with Crippen LogP contribution in [0.5, 0.6) is 0 Å². The second kappa shape index (κ2) is 4.56. The summed E-state index contributed by atoms with van der Waals surface area (Å²) in [4.78, 5) is 25.5. The standard InChI is InChI=1S/C14H26N2O2/c1-8-9(17)16-11(14(5,6)7)10(13(2,3)4)15-12(16)18/h10-11H,8H2,1-7H3,(H,15,18)/t10-,11-/m0/s1. The summed E-state index contributed by atoms with van der Waals surface area (Å²) >= 11 is 0. The van der Waals surface area contributed by atoms with E-state index in [1.165, 1.54) is 4.90 Å². The summed E-state index contributed by atoms with van der Waals surface area (Å²) in [5.41, 5.74) is -0.210. The van der Waals surface area contributed by atoms with E-state index >= 15 is 0 Å². The molecule has 0 radical (unpaired) electrons. The molecule has 1 heterocycles. The van der Waals surface area contributed by atoms with E-state index in [9.17, 15) is 9.59 Å². The highest BCUT2D eigenvalue weighted by Crippen LogP contribution is 2.38. The Kier molecular flexibility index (Phi) is 3.80. The molecule has 3 amide bonds. The first-order valence-corrected chi connectivity index (χ1v) is 6.62. The van der Waals surface area contributed by atoms with E-state index in [4.69, 9.17) is 0 Å². The predicted octanol–water partition coefficient (Wildman–Crippen LogP) is 2.78. The summed E-state index contributed by atoms with van der Waals surface area (Å²) in [7, 11) is 0. The van der Waals surface area contributed by atoms with Crippen LogP contribution in [0.1, 0.15) is 54.9 Å². The van der Waals surface area contributed by atoms with Gasteiger partial charge in [0.15, 0.2) is 0 Å². The van der Waals surface area contributed by atoms with Gasteiger partial charge < -0.3 is 5.32 Å². The van der Waals surface area contributed by atoms with Gasteiger partial charge in [0.1, 0.15) is 0 Å². The maximum atomic E-state index is 12.1. The van der Waals surface area contributed by atoms with Gasteiger partial charge in [0.2, 0.25) is 5.91 Å². The zero-order valence-corrected chi connectivity index (χ0v) is 12.6. The lowest BCUT2D eigenvalue weighted by molar-refractivity contribution is -0.131. The van der Waals surface area contributed by atoms with Crippen LogP contribution in [-0.2, 0) is 4.79 Å². The molecule has 1 aliphatic rings. The Morgan fingerprint density at radius 3 is 2.00 bits per heavy atom. The molecule has 0 spiro atoms. The van der Waals surface area contributed by atoms with E-state index in [1.807, 2.05) is 0 Å². The number of urea groups is 1. The van der Waals surface area contributed by atoms with Gasteiger partial charge in [-0.15, -0.1) is 0 Å². The molecule has 2 atom stereocenters. The lowest BCUT2D eigenvalue weighted by Gasteiger charge is -2.40. The highest BCUT2D eigenvalue weighted by atomic mass is 16.2. The number of hydrogen-bond acceptors (Lipinski definition) is 2. The van der Waals surface area contributed by atoms with Crippen LogP contribution in [-0.4, -0.2) is 28.9 Å². The predicted molar refractivity (Wildman–Crippen MR) is 72.2 cm³/mol. The van der Waals surface area contributed by atoms with Gasteiger partial charge in [-0.05, 0) is 10.8 Å². The van der Waals surface area contributed by atoms with Crippen LogP contribution < -0.4 is 5.32 Å². The molecule has 4 nitrogen and oxygen atoms in total. The van der Waals surface area contributed by atoms with E-state index in [0.29, 0.717) is 6.42 Å². The third-order valence-electron chi connectivity index (χ3n) is 3.48. The molecular formula is C14H26N2O2. The second-order valence-corrected chi connectivity index (χ2v) is 7.22. The van der Waals surface area contributed by atoms with Gasteiger partial charge >= 0.3 is 6.03 Å². The van der Waals surface area contributed by atoms with E-state index in [-0.39, 0.29) is 34.9 Å². The van der Waals surface area contributed by atoms with Crippen LogP contribution in [0.25, 0.3) is 0 Å². The minimum absolute atomic E-state index is 0.0134. The van der Waals surface area contributed by atoms with Gasteiger partial charge in [0.25, 0.3) is 0 Å². The van der Waals surface area contributed by atoms with Crippen LogP contribution in [0.15, 0.2) is 0 Å². The molecule has 1 rings (SSSR count). The summed E-state index contributed by atoms with van der Waals surface area (Å²) in [5.74, 6) is -0.0980. The Labute approximate surface area is 110 Å². The van der Waals surface area contributed by atoms with Gasteiger partial charge in [0.05, 0.1) is 12.1 Å². The molecule has 1 fully saturated rings. The Morgan fingerprint density at radius 1 is 1.17 bits per heavy atom. The monoisotopic (exact) mass is 254 g/mol. The highest BCUT2D eigenvalue weighted by molar-refractivity contribution is 5.96. The van der Waals surface area contributed by atoms with Crippen molar-refractivity contribution >= 4 is 11.9 Å². The molecular weight excluding hydrogens is 228 g/mol. The van der Waals surface area contributed by atoms with Gasteiger partial charge in [-0.3, -0.25) is 9.69 Å². The fourth-order valence-corrected chi connectivity index (χ4v) is 2.57. The molecule has 0 bridgehead atoms. The summed E-state index contributed by atoms with van der Waals surface area (Å²) in [6.07, 6.45) is 0.358. The topological polar surface area (TPSA) is 49.4 Å². The maximum absolute atomic E-state index is 12.1. The zero-order valence-electron chi connectivity index (χ0n) is 12.6. The van der Waals surface area contributed by atoms with Crippen molar-refractivity contribution in [3.63, 3.8) is 0 Å². The third kappa shape index (κ3) is 2.68. The summed E-state index contributed by atoms with van der Waals surface area (Å²) in [6, 6.07) is -0.361. The van der Waals surface area contributed by atoms with Crippen molar-refractivity contribution in [3.8, 4) is 0 Å². The number of amides is 3. The van der Waals surface area contributed by atoms with Crippen LogP contribution in [0.3, 0.4) is 0 Å². The van der Waals surface area contributed by atoms with Crippen LogP contribution in [0.2, 0.25) is 0 Å². The van der Waals surface area contributed by atoms with Gasteiger partial charge in [0, 0.05) is 6.42 Å². The molecule has 4 heteroatoms. The minimum atomic E-state index is -0.248. The molecule has 0 aliphatic carbocycles. The lowest BCUT2D eigenvalue weighted by Crippen LogP contribution is -2.52. The van der Waals surface area contributed by atoms with E-state index < -0.39 is 0 Å². The number of imide groups is 1. The van der Waals surface area contributed by atoms with E-state index in [0.717, 1.165) is 0 Å². The first-order valence-electron chi connectivity index (χ1n) is 6.62. The quantitative estimate of drug-likeness (QED) is 0.782. The molecule has 0 unspecified atom stereocenters. The summed E-state index contributed by atoms with van der Waals surface area (Å²) in [6.45, 7) is 14.3. The number of nitrogens with zero attached hydrogens (tertiary/aromatic N) is 1. The normalized spacial score (nSPS) is 25.3. The van der Waals surface area contributed by atoms with Gasteiger partial charge in [-0.2, -0.15) is 0 Å². The smallest absolute Gasteiger partial charge is 0.324 e. The number of nitrogens with one attached hydrogen (secondary N) is 1. The number of rotatable bonds is 1. The Balaban J connectivity index is 3.20. The average molecular weight is 254 g/mol. The molecule has 18 heavy (non-hydrogen) atoms. The van der Waals surface area contributed by atoms with Crippen LogP contribution in [0.4, 0.5) is 4.79 Å². The molecule has 0 saturated carbocycles. The van der Waals surface area contributed by atoms with Crippen LogP contribution >= 0.6 is 0 Å². The fraction of sp³-hybridized carbons (Fsp3) is 0.857. The summed E-state index contributed by atoms with van der Waals surface area (Å²) < 4.78 is 0. The van der Waals surface area contributed by atoms with Crippen molar-refractivity contribution in [1.29, 1.82) is 0 Å². The van der Waals surface area contributed by atoms with E-state index in [2.05, 4.69) is 46.9 Å². The average Bonchev–Trinajstić information content (AvgIpc) is 2.53. The highest BCUT2D eigenvalue weighted by Gasteiger charge is 2.51. The third-order valence-corrected chi connectivity index (χ3v) is 3.48. The molecule has 0 aromatic rings. The molecule has 1 N–H and O–H groups in total. The fourth-order valence-electron chi connectivity index (χ4n) is 2.57. The lowest BCUT2D eigenvalue weighted by atomic mass is 9.73. The number of hydrogen-bond donors (Lipinski definition) is 1. The number of carbonyl (C=O) groups excluding carboxylic acids is 2. The summed E-state index contributed by atoms with van der Waals surface area (Å²) in [5, 5.41) is 2.98. The molecule has 0 aromatic heterocycles. The Hall–Kier alpha value is -1.06. The van der Waals surface area contributed by atoms with Crippen molar-refractivity contribution in [2.75, 3.05) is 0 Å². The minimum Gasteiger partial charge on any atom is -0.332 e. The number of carbonyl (C=O) groups is 2. The first-order chi connectivity index (χ1) is 8.00. The molecule has 104 valence electrons.